The van der Waals surface area contributed by atoms with E-state index in [1.54, 1.807) is 6.07 Å². The number of nitrogens with two attached hydrogens (primary N) is 1. The van der Waals surface area contributed by atoms with Crippen molar-refractivity contribution in [1.29, 1.82) is 0 Å². The molecular formula is C12H12N2O4. The lowest BCUT2D eigenvalue weighted by molar-refractivity contribution is -0.131. The number of amides is 1. The summed E-state index contributed by atoms with van der Waals surface area (Å²) in [5, 5.41) is 19.5. The first kappa shape index (κ1) is 12.3. The number of pyridine rings is 1. The van der Waals surface area contributed by atoms with Gasteiger partial charge in [0, 0.05) is 23.2 Å². The summed E-state index contributed by atoms with van der Waals surface area (Å²) in [6, 6.07) is 5.87. The average molecular weight is 248 g/mol. The molecule has 6 nitrogen and oxygen atoms in total. The quantitative estimate of drug-likeness (QED) is 0.580. The molecule has 1 aromatic heterocycles. The fraction of sp³-hybridized carbons (Fsp3) is 0.167. The summed E-state index contributed by atoms with van der Waals surface area (Å²) in [4.78, 5) is 25.3. The number of aliphatic hydroxyl groups excluding tert-OH is 2. The van der Waals surface area contributed by atoms with Gasteiger partial charge in [-0.05, 0) is 17.7 Å². The molecule has 5 N–H and O–H groups in total. The van der Waals surface area contributed by atoms with Gasteiger partial charge in [0.25, 0.3) is 0 Å². The van der Waals surface area contributed by atoms with E-state index in [0.29, 0.717) is 10.9 Å². The van der Waals surface area contributed by atoms with E-state index in [1.165, 1.54) is 24.4 Å². The van der Waals surface area contributed by atoms with E-state index in [1.807, 2.05) is 0 Å². The predicted molar refractivity (Wildman–Crippen MR) is 64.7 cm³/mol. The summed E-state index contributed by atoms with van der Waals surface area (Å²) in [6.45, 7) is 0. The largest absolute Gasteiger partial charge is 0.385 e. The first-order valence-electron chi connectivity index (χ1n) is 5.27. The molecule has 1 aromatic carbocycles. The summed E-state index contributed by atoms with van der Waals surface area (Å²) < 4.78 is 0. The van der Waals surface area contributed by atoms with Crippen LogP contribution in [-0.4, -0.2) is 27.2 Å². The second-order valence-electron chi connectivity index (χ2n) is 3.94. The number of aromatic nitrogens is 1. The summed E-state index contributed by atoms with van der Waals surface area (Å²) >= 11 is 0. The molecule has 6 heteroatoms. The maximum absolute atomic E-state index is 11.6. The highest BCUT2D eigenvalue weighted by atomic mass is 16.3. The third-order valence-corrected chi connectivity index (χ3v) is 2.71. The third-order valence-electron chi connectivity index (χ3n) is 2.71. The Hall–Kier alpha value is -2.18. The Kier molecular flexibility index (Phi) is 3.14. The van der Waals surface area contributed by atoms with Crippen LogP contribution in [0.2, 0.25) is 0 Å². The number of nitrogens with one attached hydrogen (secondary N) is 1. The van der Waals surface area contributed by atoms with Crippen molar-refractivity contribution in [3.05, 3.63) is 46.2 Å². The zero-order valence-electron chi connectivity index (χ0n) is 9.33. The number of primary amides is 1. The highest BCUT2D eigenvalue weighted by Gasteiger charge is 2.23. The summed E-state index contributed by atoms with van der Waals surface area (Å²) in [7, 11) is 0. The fourth-order valence-electron chi connectivity index (χ4n) is 1.71. The van der Waals surface area contributed by atoms with Gasteiger partial charge in [-0.3, -0.25) is 9.59 Å². The van der Waals surface area contributed by atoms with Gasteiger partial charge in [0.1, 0.15) is 6.10 Å². The molecule has 94 valence electrons. The van der Waals surface area contributed by atoms with Crippen LogP contribution in [0.25, 0.3) is 10.9 Å². The molecule has 1 heterocycles. The van der Waals surface area contributed by atoms with Crippen molar-refractivity contribution in [1.82, 2.24) is 4.98 Å². The smallest absolute Gasteiger partial charge is 0.249 e. The monoisotopic (exact) mass is 248 g/mol. The molecule has 0 spiro atoms. The second-order valence-corrected chi connectivity index (χ2v) is 3.94. The highest BCUT2D eigenvalue weighted by Crippen LogP contribution is 2.19. The van der Waals surface area contributed by atoms with Gasteiger partial charge in [-0.2, -0.15) is 0 Å². The minimum Gasteiger partial charge on any atom is -0.385 e. The van der Waals surface area contributed by atoms with Crippen molar-refractivity contribution in [2.45, 2.75) is 12.2 Å². The van der Waals surface area contributed by atoms with Crippen molar-refractivity contribution >= 4 is 16.8 Å². The molecule has 2 atom stereocenters. The normalized spacial score (nSPS) is 14.3. The summed E-state index contributed by atoms with van der Waals surface area (Å²) in [5.41, 5.74) is 5.54. The van der Waals surface area contributed by atoms with Gasteiger partial charge in [0.05, 0.1) is 0 Å². The van der Waals surface area contributed by atoms with Gasteiger partial charge < -0.3 is 20.9 Å². The van der Waals surface area contributed by atoms with E-state index < -0.39 is 18.1 Å². The molecule has 0 aliphatic carbocycles. The predicted octanol–water partition coefficient (Wildman–Crippen LogP) is -0.592. The number of carbonyl (C=O) groups excluding carboxylic acids is 1. The van der Waals surface area contributed by atoms with Crippen LogP contribution in [0, 0.1) is 0 Å². The number of rotatable bonds is 3. The molecule has 2 unspecified atom stereocenters. The second kappa shape index (κ2) is 4.59. The van der Waals surface area contributed by atoms with Crippen LogP contribution in [0.5, 0.6) is 0 Å². The van der Waals surface area contributed by atoms with Crippen LogP contribution >= 0.6 is 0 Å². The Morgan fingerprint density at radius 3 is 2.67 bits per heavy atom. The molecule has 2 rings (SSSR count). The third kappa shape index (κ3) is 2.11. The number of hydrogen-bond acceptors (Lipinski definition) is 4. The molecule has 18 heavy (non-hydrogen) atoms. The lowest BCUT2D eigenvalue weighted by atomic mass is 10.0. The van der Waals surface area contributed by atoms with Crippen LogP contribution < -0.4 is 11.2 Å². The Labute approximate surface area is 102 Å². The zero-order valence-corrected chi connectivity index (χ0v) is 9.33. The van der Waals surface area contributed by atoms with Gasteiger partial charge in [0.2, 0.25) is 5.91 Å². The lowest BCUT2D eigenvalue weighted by Crippen LogP contribution is -2.33. The number of H-pyrrole nitrogens is 1. The zero-order chi connectivity index (χ0) is 13.3. The van der Waals surface area contributed by atoms with Crippen LogP contribution in [0.1, 0.15) is 11.7 Å². The van der Waals surface area contributed by atoms with Gasteiger partial charge >= 0.3 is 0 Å². The SMILES string of the molecule is NC(=O)C(O)C(O)c1ccc2[nH]ccc(=O)c2c1. The van der Waals surface area contributed by atoms with Crippen molar-refractivity contribution in [3.63, 3.8) is 0 Å². The average Bonchev–Trinajstić information content (AvgIpc) is 2.37. The first-order valence-corrected chi connectivity index (χ1v) is 5.27. The van der Waals surface area contributed by atoms with Gasteiger partial charge in [-0.1, -0.05) is 6.07 Å². The maximum atomic E-state index is 11.6. The number of aromatic amines is 1. The van der Waals surface area contributed by atoms with E-state index in [2.05, 4.69) is 4.98 Å². The lowest BCUT2D eigenvalue weighted by Gasteiger charge is -2.15. The highest BCUT2D eigenvalue weighted by molar-refractivity contribution is 5.81. The molecule has 0 fully saturated rings. The van der Waals surface area contributed by atoms with E-state index in [-0.39, 0.29) is 11.0 Å². The number of aliphatic hydroxyl groups is 2. The van der Waals surface area contributed by atoms with Crippen LogP contribution in [0.15, 0.2) is 35.3 Å². The maximum Gasteiger partial charge on any atom is 0.249 e. The summed E-state index contributed by atoms with van der Waals surface area (Å²) in [5.74, 6) is -1.02. The van der Waals surface area contributed by atoms with Gasteiger partial charge in [-0.15, -0.1) is 0 Å². The van der Waals surface area contributed by atoms with Crippen LogP contribution in [0.3, 0.4) is 0 Å². The topological polar surface area (TPSA) is 116 Å². The molecule has 1 amide bonds. The fourth-order valence-corrected chi connectivity index (χ4v) is 1.71. The summed E-state index contributed by atoms with van der Waals surface area (Å²) in [6.07, 6.45) is -1.64. The molecule has 0 aliphatic heterocycles. The van der Waals surface area contributed by atoms with Gasteiger partial charge in [-0.25, -0.2) is 0 Å². The molecule has 2 aromatic rings. The number of carbonyl (C=O) groups is 1. The van der Waals surface area contributed by atoms with Crippen molar-refractivity contribution in [3.8, 4) is 0 Å². The van der Waals surface area contributed by atoms with Crippen molar-refractivity contribution in [2.75, 3.05) is 0 Å². The van der Waals surface area contributed by atoms with Crippen LogP contribution in [-0.2, 0) is 4.79 Å². The molecule has 0 saturated heterocycles. The number of benzene rings is 1. The Bertz CT molecular complexity index is 650. The van der Waals surface area contributed by atoms with Crippen LogP contribution in [0.4, 0.5) is 0 Å². The Morgan fingerprint density at radius 2 is 2.00 bits per heavy atom. The molecule has 0 radical (unpaired) electrons. The van der Waals surface area contributed by atoms with E-state index in [4.69, 9.17) is 5.73 Å². The standard InChI is InChI=1S/C12H12N2O4/c13-12(18)11(17)10(16)6-1-2-8-7(5-6)9(15)3-4-14-8/h1-5,10-11,16-17H,(H2,13,18)(H,14,15). The molecule has 0 aliphatic rings. The Morgan fingerprint density at radius 1 is 1.28 bits per heavy atom. The molecular weight excluding hydrogens is 236 g/mol. The first-order chi connectivity index (χ1) is 8.50. The number of hydrogen-bond donors (Lipinski definition) is 4. The van der Waals surface area contributed by atoms with E-state index in [9.17, 15) is 19.8 Å². The van der Waals surface area contributed by atoms with E-state index >= 15 is 0 Å². The minimum absolute atomic E-state index is 0.216. The van der Waals surface area contributed by atoms with Gasteiger partial charge in [0.15, 0.2) is 11.5 Å². The van der Waals surface area contributed by atoms with E-state index in [0.717, 1.165) is 0 Å². The Balaban J connectivity index is 2.50. The molecule has 0 bridgehead atoms. The molecule has 0 saturated carbocycles. The van der Waals surface area contributed by atoms with Crippen molar-refractivity contribution in [2.24, 2.45) is 5.73 Å². The number of fused-ring (bicyclic) bond motifs is 1. The minimum atomic E-state index is -1.70. The van der Waals surface area contributed by atoms with Crippen molar-refractivity contribution < 1.29 is 15.0 Å².